The highest BCUT2D eigenvalue weighted by Gasteiger charge is 2.23. The Kier molecular flexibility index (Phi) is 7.18. The second-order valence-corrected chi connectivity index (χ2v) is 7.29. The number of guanidine groups is 1. The minimum atomic E-state index is -0.569. The van der Waals surface area contributed by atoms with E-state index in [0.717, 1.165) is 51.0 Å². The van der Waals surface area contributed by atoms with E-state index in [1.165, 1.54) is 12.8 Å². The number of ether oxygens (including phenoxy) is 1. The molecule has 0 bridgehead atoms. The van der Waals surface area contributed by atoms with Crippen molar-refractivity contribution in [2.45, 2.75) is 25.9 Å². The Balaban J connectivity index is 1.48. The van der Waals surface area contributed by atoms with Crippen molar-refractivity contribution in [3.05, 3.63) is 24.3 Å². The molecule has 7 heteroatoms. The molecule has 1 unspecified atom stereocenters. The van der Waals surface area contributed by atoms with Crippen molar-refractivity contribution < 1.29 is 14.9 Å². The van der Waals surface area contributed by atoms with Crippen molar-refractivity contribution >= 4 is 11.6 Å². The number of nitrogens with zero attached hydrogens (tertiary/aromatic N) is 3. The van der Waals surface area contributed by atoms with Crippen LogP contribution in [-0.4, -0.2) is 79.7 Å². The van der Waals surface area contributed by atoms with Crippen LogP contribution in [0.4, 0.5) is 5.69 Å². The van der Waals surface area contributed by atoms with Gasteiger partial charge in [-0.2, -0.15) is 0 Å². The zero-order valence-electron chi connectivity index (χ0n) is 16.2. The molecular formula is C20H32N4O3. The molecule has 1 aliphatic heterocycles. The van der Waals surface area contributed by atoms with Crippen LogP contribution in [0.2, 0.25) is 0 Å². The number of piperazine rings is 1. The minimum absolute atomic E-state index is 0.320. The first-order valence-electron chi connectivity index (χ1n) is 9.99. The summed E-state index contributed by atoms with van der Waals surface area (Å²) in [7, 11) is 0. The molecule has 0 radical (unpaired) electrons. The van der Waals surface area contributed by atoms with Crippen molar-refractivity contribution in [3.8, 4) is 5.75 Å². The summed E-state index contributed by atoms with van der Waals surface area (Å²) >= 11 is 0. The van der Waals surface area contributed by atoms with Gasteiger partial charge in [-0.25, -0.2) is 0 Å². The molecule has 27 heavy (non-hydrogen) atoms. The van der Waals surface area contributed by atoms with Gasteiger partial charge in [-0.05, 0) is 37.8 Å². The number of rotatable bonds is 8. The summed E-state index contributed by atoms with van der Waals surface area (Å²) in [5.41, 5.74) is 0.877. The Morgan fingerprint density at radius 2 is 2.00 bits per heavy atom. The molecule has 2 aliphatic rings. The number of phenols is 1. The molecule has 7 nitrogen and oxygen atoms in total. The third-order valence-corrected chi connectivity index (χ3v) is 4.95. The summed E-state index contributed by atoms with van der Waals surface area (Å²) in [6.45, 7) is 7.53. The van der Waals surface area contributed by atoms with E-state index in [1.807, 2.05) is 25.1 Å². The van der Waals surface area contributed by atoms with Crippen molar-refractivity contribution in [3.63, 3.8) is 0 Å². The second kappa shape index (κ2) is 9.80. The van der Waals surface area contributed by atoms with Crippen LogP contribution in [0.3, 0.4) is 0 Å². The minimum Gasteiger partial charge on any atom is -0.506 e. The van der Waals surface area contributed by atoms with Gasteiger partial charge in [0.15, 0.2) is 5.96 Å². The predicted molar refractivity (Wildman–Crippen MR) is 107 cm³/mol. The van der Waals surface area contributed by atoms with Gasteiger partial charge in [0.2, 0.25) is 0 Å². The highest BCUT2D eigenvalue weighted by atomic mass is 16.5. The average molecular weight is 377 g/mol. The quantitative estimate of drug-likeness (QED) is 0.468. The van der Waals surface area contributed by atoms with Crippen molar-refractivity contribution in [2.24, 2.45) is 10.9 Å². The number of aliphatic imine (C=N–C) groups is 1. The van der Waals surface area contributed by atoms with E-state index < -0.39 is 6.10 Å². The molecule has 0 aromatic heterocycles. The normalized spacial score (nSPS) is 19.3. The fourth-order valence-corrected chi connectivity index (χ4v) is 3.22. The zero-order chi connectivity index (χ0) is 19.1. The lowest BCUT2D eigenvalue weighted by molar-refractivity contribution is 0.0367. The maximum atomic E-state index is 10.1. The van der Waals surface area contributed by atoms with Gasteiger partial charge in [0.25, 0.3) is 0 Å². The number of aliphatic hydroxyl groups excluding tert-OH is 1. The molecule has 2 fully saturated rings. The van der Waals surface area contributed by atoms with Crippen LogP contribution in [0.1, 0.15) is 19.8 Å². The lowest BCUT2D eigenvalue weighted by Crippen LogP contribution is -2.52. The number of phenolic OH excluding ortho intramolecular Hbond substituents is 1. The molecule has 3 rings (SSSR count). The van der Waals surface area contributed by atoms with E-state index in [9.17, 15) is 10.2 Å². The third kappa shape index (κ3) is 6.01. The van der Waals surface area contributed by atoms with Gasteiger partial charge >= 0.3 is 0 Å². The van der Waals surface area contributed by atoms with Crippen molar-refractivity contribution in [1.29, 1.82) is 0 Å². The number of hydrogen-bond acceptors (Lipinski definition) is 5. The Labute approximate surface area is 161 Å². The maximum Gasteiger partial charge on any atom is 0.194 e. The molecule has 0 spiro atoms. The Morgan fingerprint density at radius 3 is 2.67 bits per heavy atom. The highest BCUT2D eigenvalue weighted by molar-refractivity contribution is 5.80. The van der Waals surface area contributed by atoms with Crippen LogP contribution in [0.25, 0.3) is 0 Å². The predicted octanol–water partition coefficient (Wildman–Crippen LogP) is 1.27. The number of benzene rings is 1. The summed E-state index contributed by atoms with van der Waals surface area (Å²) in [6, 6.07) is 7.45. The van der Waals surface area contributed by atoms with E-state index in [-0.39, 0.29) is 0 Å². The molecule has 1 saturated carbocycles. The topological polar surface area (TPSA) is 80.6 Å². The Hall–Kier alpha value is -1.99. The summed E-state index contributed by atoms with van der Waals surface area (Å²) in [5, 5.41) is 23.5. The molecule has 3 N–H and O–H groups in total. The van der Waals surface area contributed by atoms with Gasteiger partial charge in [0, 0.05) is 39.3 Å². The van der Waals surface area contributed by atoms with Gasteiger partial charge in [-0.3, -0.25) is 4.99 Å². The van der Waals surface area contributed by atoms with Gasteiger partial charge < -0.3 is 30.1 Å². The Morgan fingerprint density at radius 1 is 1.26 bits per heavy atom. The van der Waals surface area contributed by atoms with E-state index in [2.05, 4.69) is 20.1 Å². The molecule has 1 heterocycles. The standard InChI is InChI=1S/C20H32N4O3/c1-2-21-20(22-13-17(25)15-27-14-16-7-8-16)24-11-9-23(10-12-24)18-5-3-4-6-19(18)26/h3-6,16-17,25-26H,2,7-15H2,1H3,(H,21,22). The van der Waals surface area contributed by atoms with Gasteiger partial charge in [0.1, 0.15) is 5.75 Å². The van der Waals surface area contributed by atoms with Gasteiger partial charge in [-0.15, -0.1) is 0 Å². The van der Waals surface area contributed by atoms with E-state index >= 15 is 0 Å². The lowest BCUT2D eigenvalue weighted by Gasteiger charge is -2.38. The molecule has 1 aromatic rings. The first-order valence-corrected chi connectivity index (χ1v) is 9.99. The van der Waals surface area contributed by atoms with Crippen LogP contribution >= 0.6 is 0 Å². The highest BCUT2D eigenvalue weighted by Crippen LogP contribution is 2.29. The molecule has 1 aliphatic carbocycles. The molecule has 1 atom stereocenters. The van der Waals surface area contributed by atoms with E-state index in [0.29, 0.717) is 24.8 Å². The number of anilines is 1. The average Bonchev–Trinajstić information content (AvgIpc) is 3.50. The van der Waals surface area contributed by atoms with Crippen LogP contribution < -0.4 is 10.2 Å². The van der Waals surface area contributed by atoms with Crippen molar-refractivity contribution in [1.82, 2.24) is 10.2 Å². The van der Waals surface area contributed by atoms with Crippen LogP contribution in [0.15, 0.2) is 29.3 Å². The summed E-state index contributed by atoms with van der Waals surface area (Å²) in [5.74, 6) is 1.86. The SMILES string of the molecule is CCNC(=NCC(O)COCC1CC1)N1CCN(c2ccccc2O)CC1. The fraction of sp³-hybridized carbons (Fsp3) is 0.650. The summed E-state index contributed by atoms with van der Waals surface area (Å²) in [4.78, 5) is 9.00. The van der Waals surface area contributed by atoms with Gasteiger partial charge in [0.05, 0.1) is 24.9 Å². The second-order valence-electron chi connectivity index (χ2n) is 7.29. The number of aromatic hydroxyl groups is 1. The van der Waals surface area contributed by atoms with Crippen molar-refractivity contribution in [2.75, 3.05) is 57.4 Å². The zero-order valence-corrected chi connectivity index (χ0v) is 16.2. The lowest BCUT2D eigenvalue weighted by atomic mass is 10.2. The number of aliphatic hydroxyl groups is 1. The van der Waals surface area contributed by atoms with Crippen LogP contribution in [-0.2, 0) is 4.74 Å². The first-order chi connectivity index (χ1) is 13.2. The maximum absolute atomic E-state index is 10.1. The molecule has 1 aromatic carbocycles. The molecule has 1 saturated heterocycles. The van der Waals surface area contributed by atoms with Crippen LogP contribution in [0.5, 0.6) is 5.75 Å². The first kappa shape index (κ1) is 19.8. The fourth-order valence-electron chi connectivity index (χ4n) is 3.22. The van der Waals surface area contributed by atoms with Gasteiger partial charge in [-0.1, -0.05) is 12.1 Å². The number of hydrogen-bond donors (Lipinski definition) is 3. The Bertz CT molecular complexity index is 613. The number of nitrogens with one attached hydrogen (secondary N) is 1. The van der Waals surface area contributed by atoms with E-state index in [4.69, 9.17) is 4.74 Å². The largest absolute Gasteiger partial charge is 0.506 e. The summed E-state index contributed by atoms with van der Waals surface area (Å²) in [6.07, 6.45) is 1.94. The molecular weight excluding hydrogens is 344 g/mol. The molecule has 150 valence electrons. The number of para-hydroxylation sites is 2. The molecule has 0 amide bonds. The third-order valence-electron chi connectivity index (χ3n) is 4.95. The smallest absolute Gasteiger partial charge is 0.194 e. The monoisotopic (exact) mass is 376 g/mol. The van der Waals surface area contributed by atoms with Crippen LogP contribution in [0, 0.1) is 5.92 Å². The van der Waals surface area contributed by atoms with E-state index in [1.54, 1.807) is 6.07 Å². The summed E-state index contributed by atoms with van der Waals surface area (Å²) < 4.78 is 5.55.